The Morgan fingerprint density at radius 3 is 2.53 bits per heavy atom. The summed E-state index contributed by atoms with van der Waals surface area (Å²) < 4.78 is 26.8. The fraction of sp³-hybridized carbons (Fsp3) is 0.417. The van der Waals surface area contributed by atoms with E-state index in [4.69, 9.17) is 5.11 Å². The molecule has 1 fully saturated rings. The first-order valence-corrected chi connectivity index (χ1v) is 7.36. The van der Waals surface area contributed by atoms with Gasteiger partial charge < -0.3 is 5.11 Å². The first kappa shape index (κ1) is 14.0. The van der Waals surface area contributed by atoms with E-state index < -0.39 is 22.2 Å². The van der Waals surface area contributed by atoms with Gasteiger partial charge in [-0.3, -0.25) is 4.79 Å². The number of nitrogens with zero attached hydrogens (tertiary/aromatic N) is 2. The molecule has 19 heavy (non-hydrogen) atoms. The van der Waals surface area contributed by atoms with Crippen molar-refractivity contribution in [3.05, 3.63) is 35.9 Å². The average molecular weight is 284 g/mol. The maximum absolute atomic E-state index is 12.2. The quantitative estimate of drug-likeness (QED) is 0.874. The zero-order valence-electron chi connectivity index (χ0n) is 10.6. The monoisotopic (exact) mass is 284 g/mol. The normalized spacial score (nSPS) is 21.3. The van der Waals surface area contributed by atoms with Crippen molar-refractivity contribution in [2.45, 2.75) is 19.5 Å². The Labute approximate surface area is 112 Å². The number of aliphatic carboxylic acids is 1. The number of carboxylic acids is 1. The summed E-state index contributed by atoms with van der Waals surface area (Å²) in [6.07, 6.45) is 0. The molecule has 0 radical (unpaired) electrons. The van der Waals surface area contributed by atoms with E-state index in [2.05, 4.69) is 0 Å². The van der Waals surface area contributed by atoms with Gasteiger partial charge in [0.25, 0.3) is 10.2 Å². The van der Waals surface area contributed by atoms with E-state index in [0.29, 0.717) is 6.54 Å². The van der Waals surface area contributed by atoms with Crippen LogP contribution < -0.4 is 0 Å². The molecule has 1 aliphatic rings. The van der Waals surface area contributed by atoms with Crippen LogP contribution in [0.25, 0.3) is 0 Å². The summed E-state index contributed by atoms with van der Waals surface area (Å²) >= 11 is 0. The summed E-state index contributed by atoms with van der Waals surface area (Å²) in [5.41, 5.74) is 0.885. The maximum atomic E-state index is 12.2. The van der Waals surface area contributed by atoms with Gasteiger partial charge in [0, 0.05) is 19.6 Å². The minimum Gasteiger partial charge on any atom is -0.480 e. The molecule has 0 amide bonds. The van der Waals surface area contributed by atoms with Gasteiger partial charge in [0.05, 0.1) is 0 Å². The van der Waals surface area contributed by atoms with Crippen molar-refractivity contribution in [3.63, 3.8) is 0 Å². The number of benzene rings is 1. The molecule has 104 valence electrons. The molecule has 1 N–H and O–H groups in total. The highest BCUT2D eigenvalue weighted by atomic mass is 32.2. The fourth-order valence-corrected chi connectivity index (χ4v) is 3.78. The molecule has 1 aromatic rings. The van der Waals surface area contributed by atoms with Crippen molar-refractivity contribution >= 4 is 16.2 Å². The van der Waals surface area contributed by atoms with E-state index in [0.717, 1.165) is 9.87 Å². The standard InChI is InChI=1S/C12H16N2O4S/c1-10(12(15)16)14-8-7-13(19(14,17)18)9-11-5-3-2-4-6-11/h2-6,10H,7-9H2,1H3,(H,15,16)/t10-/m0/s1. The lowest BCUT2D eigenvalue weighted by Gasteiger charge is -2.21. The molecule has 0 aliphatic carbocycles. The van der Waals surface area contributed by atoms with Gasteiger partial charge in [0.2, 0.25) is 0 Å². The highest BCUT2D eigenvalue weighted by Gasteiger charge is 2.41. The van der Waals surface area contributed by atoms with E-state index >= 15 is 0 Å². The Kier molecular flexibility index (Phi) is 3.88. The van der Waals surface area contributed by atoms with Crippen LogP contribution in [0.15, 0.2) is 30.3 Å². The fourth-order valence-electron chi connectivity index (χ4n) is 2.05. The van der Waals surface area contributed by atoms with Gasteiger partial charge in [-0.2, -0.15) is 17.0 Å². The summed E-state index contributed by atoms with van der Waals surface area (Å²) in [6, 6.07) is 8.20. The van der Waals surface area contributed by atoms with Crippen molar-refractivity contribution in [1.29, 1.82) is 0 Å². The Morgan fingerprint density at radius 1 is 1.32 bits per heavy atom. The van der Waals surface area contributed by atoms with Gasteiger partial charge >= 0.3 is 5.97 Å². The van der Waals surface area contributed by atoms with E-state index in [-0.39, 0.29) is 13.1 Å². The molecule has 1 heterocycles. The lowest BCUT2D eigenvalue weighted by Crippen LogP contribution is -2.42. The Morgan fingerprint density at radius 2 is 1.95 bits per heavy atom. The third-order valence-electron chi connectivity index (χ3n) is 3.18. The second-order valence-electron chi connectivity index (χ2n) is 4.45. The molecule has 1 saturated heterocycles. The topological polar surface area (TPSA) is 77.9 Å². The van der Waals surface area contributed by atoms with E-state index in [1.807, 2.05) is 30.3 Å². The van der Waals surface area contributed by atoms with Crippen LogP contribution in [0.1, 0.15) is 12.5 Å². The largest absolute Gasteiger partial charge is 0.480 e. The van der Waals surface area contributed by atoms with Crippen molar-refractivity contribution in [2.24, 2.45) is 0 Å². The van der Waals surface area contributed by atoms with Crippen LogP contribution in [-0.2, 0) is 21.5 Å². The maximum Gasteiger partial charge on any atom is 0.321 e. The lowest BCUT2D eigenvalue weighted by molar-refractivity contribution is -0.140. The predicted molar refractivity (Wildman–Crippen MR) is 69.6 cm³/mol. The molecule has 1 atom stereocenters. The number of carbonyl (C=O) groups is 1. The van der Waals surface area contributed by atoms with Crippen molar-refractivity contribution < 1.29 is 18.3 Å². The van der Waals surface area contributed by atoms with E-state index in [9.17, 15) is 13.2 Å². The first-order valence-electron chi connectivity index (χ1n) is 5.96. The van der Waals surface area contributed by atoms with Crippen LogP contribution in [0.5, 0.6) is 0 Å². The van der Waals surface area contributed by atoms with Crippen LogP contribution in [0.4, 0.5) is 0 Å². The van der Waals surface area contributed by atoms with Crippen molar-refractivity contribution in [1.82, 2.24) is 8.61 Å². The number of hydrogen-bond acceptors (Lipinski definition) is 3. The molecule has 1 aliphatic heterocycles. The molecule has 1 aromatic carbocycles. The van der Waals surface area contributed by atoms with Gasteiger partial charge in [-0.15, -0.1) is 0 Å². The van der Waals surface area contributed by atoms with Gasteiger partial charge in [-0.25, -0.2) is 0 Å². The van der Waals surface area contributed by atoms with E-state index in [1.54, 1.807) is 0 Å². The molecule has 0 spiro atoms. The van der Waals surface area contributed by atoms with Crippen LogP contribution in [0.2, 0.25) is 0 Å². The second kappa shape index (κ2) is 5.28. The average Bonchev–Trinajstić information content (AvgIpc) is 2.65. The Hall–Kier alpha value is -1.44. The van der Waals surface area contributed by atoms with Crippen molar-refractivity contribution in [3.8, 4) is 0 Å². The highest BCUT2D eigenvalue weighted by Crippen LogP contribution is 2.21. The van der Waals surface area contributed by atoms with Crippen LogP contribution >= 0.6 is 0 Å². The molecule has 0 saturated carbocycles. The first-order chi connectivity index (χ1) is 8.93. The third-order valence-corrected chi connectivity index (χ3v) is 5.24. The van der Waals surface area contributed by atoms with Crippen LogP contribution in [0, 0.1) is 0 Å². The summed E-state index contributed by atoms with van der Waals surface area (Å²) in [7, 11) is -3.68. The number of hydrogen-bond donors (Lipinski definition) is 1. The second-order valence-corrected chi connectivity index (χ2v) is 6.33. The summed E-state index contributed by atoms with van der Waals surface area (Å²) in [5.74, 6) is -1.13. The molecule has 0 aromatic heterocycles. The van der Waals surface area contributed by atoms with Gasteiger partial charge in [0.1, 0.15) is 6.04 Å². The SMILES string of the molecule is C[C@@H](C(=O)O)N1CCN(Cc2ccccc2)S1(=O)=O. The molecule has 0 unspecified atom stereocenters. The zero-order chi connectivity index (χ0) is 14.0. The molecule has 0 bridgehead atoms. The highest BCUT2D eigenvalue weighted by molar-refractivity contribution is 7.87. The summed E-state index contributed by atoms with van der Waals surface area (Å²) in [5, 5.41) is 8.93. The summed E-state index contributed by atoms with van der Waals surface area (Å²) in [4.78, 5) is 10.9. The molecule has 2 rings (SSSR count). The minimum atomic E-state index is -3.68. The van der Waals surface area contributed by atoms with Crippen LogP contribution in [0.3, 0.4) is 0 Å². The predicted octanol–water partition coefficient (Wildman–Crippen LogP) is 0.522. The van der Waals surface area contributed by atoms with Crippen LogP contribution in [-0.4, -0.2) is 47.2 Å². The lowest BCUT2D eigenvalue weighted by atomic mass is 10.2. The Bertz CT molecular complexity index is 558. The van der Waals surface area contributed by atoms with Gasteiger partial charge in [-0.05, 0) is 12.5 Å². The molecular formula is C12H16N2O4S. The molecular weight excluding hydrogens is 268 g/mol. The Balaban J connectivity index is 2.16. The number of rotatable bonds is 4. The molecule has 6 nitrogen and oxygen atoms in total. The number of carboxylic acid groups (broad SMARTS) is 1. The van der Waals surface area contributed by atoms with Crippen molar-refractivity contribution in [2.75, 3.05) is 13.1 Å². The van der Waals surface area contributed by atoms with E-state index in [1.165, 1.54) is 11.2 Å². The molecule has 7 heteroatoms. The van der Waals surface area contributed by atoms with Gasteiger partial charge in [0.15, 0.2) is 0 Å². The van der Waals surface area contributed by atoms with Gasteiger partial charge in [-0.1, -0.05) is 30.3 Å². The smallest absolute Gasteiger partial charge is 0.321 e. The third kappa shape index (κ3) is 2.78. The minimum absolute atomic E-state index is 0.211. The summed E-state index contributed by atoms with van der Waals surface area (Å²) in [6.45, 7) is 2.18. The zero-order valence-corrected chi connectivity index (χ0v) is 11.4.